The minimum atomic E-state index is -3.60. The molecule has 1 amide bonds. The van der Waals surface area contributed by atoms with Gasteiger partial charge in [0.1, 0.15) is 5.01 Å². The number of amides is 1. The minimum Gasteiger partial charge on any atom is -0.481 e. The number of aliphatic carboxylic acids is 1. The number of hydrogen-bond acceptors (Lipinski definition) is 7. The van der Waals surface area contributed by atoms with Gasteiger partial charge in [-0.15, -0.1) is 11.3 Å². The Morgan fingerprint density at radius 2 is 1.74 bits per heavy atom. The fourth-order valence-electron chi connectivity index (χ4n) is 5.21. The van der Waals surface area contributed by atoms with E-state index in [0.717, 1.165) is 11.1 Å². The second-order valence-corrected chi connectivity index (χ2v) is 12.9. The zero-order valence-electron chi connectivity index (χ0n) is 21.1. The molecule has 38 heavy (non-hydrogen) atoms. The maximum Gasteiger partial charge on any atom is 0.304 e. The maximum atomic E-state index is 13.3. The van der Waals surface area contributed by atoms with Crippen LogP contribution in [0.3, 0.4) is 0 Å². The molecule has 200 valence electrons. The third-order valence-electron chi connectivity index (χ3n) is 7.33. The van der Waals surface area contributed by atoms with Crippen molar-refractivity contribution in [1.29, 1.82) is 0 Å². The molecule has 1 fully saturated rings. The molecule has 0 saturated carbocycles. The Kier molecular flexibility index (Phi) is 7.36. The number of piperazine rings is 1. The van der Waals surface area contributed by atoms with Crippen molar-refractivity contribution in [2.45, 2.75) is 30.7 Å². The van der Waals surface area contributed by atoms with Crippen molar-refractivity contribution in [1.82, 2.24) is 19.5 Å². The lowest BCUT2D eigenvalue weighted by Crippen LogP contribution is -2.47. The number of carbonyl (C=O) groups is 2. The Balaban J connectivity index is 1.28. The van der Waals surface area contributed by atoms with Crippen LogP contribution in [0.25, 0.3) is 11.3 Å². The first-order valence-electron chi connectivity index (χ1n) is 12.5. The van der Waals surface area contributed by atoms with Gasteiger partial charge in [0.25, 0.3) is 0 Å². The third kappa shape index (κ3) is 5.37. The number of rotatable bonds is 8. The molecule has 11 heteroatoms. The van der Waals surface area contributed by atoms with Crippen LogP contribution in [-0.2, 0) is 39.0 Å². The van der Waals surface area contributed by atoms with Crippen molar-refractivity contribution in [3.05, 3.63) is 70.0 Å². The number of nitrogens with one attached hydrogen (secondary N) is 1. The molecule has 2 heterocycles. The van der Waals surface area contributed by atoms with Gasteiger partial charge in [0.05, 0.1) is 29.0 Å². The lowest BCUT2D eigenvalue weighted by molar-refractivity contribution is -0.145. The molecular formula is C27H30N4O5S2. The zero-order chi connectivity index (χ0) is 26.9. The van der Waals surface area contributed by atoms with Gasteiger partial charge < -0.3 is 15.3 Å². The summed E-state index contributed by atoms with van der Waals surface area (Å²) in [6, 6.07) is 14.5. The Morgan fingerprint density at radius 1 is 1.05 bits per heavy atom. The van der Waals surface area contributed by atoms with Crippen molar-refractivity contribution >= 4 is 33.2 Å². The van der Waals surface area contributed by atoms with Gasteiger partial charge >= 0.3 is 5.97 Å². The Bertz CT molecular complexity index is 1440. The van der Waals surface area contributed by atoms with Gasteiger partial charge in [-0.25, -0.2) is 13.4 Å². The van der Waals surface area contributed by atoms with E-state index in [1.54, 1.807) is 18.2 Å². The SMILES string of the molecule is CN1CCN(S(=O)(=O)c2cccc(-c3csc(CNC(=O)C4(CC(=O)O)Cc5ccccc5C4)n3)c2)CC1. The summed E-state index contributed by atoms with van der Waals surface area (Å²) in [5, 5.41) is 14.9. The van der Waals surface area contributed by atoms with E-state index in [9.17, 15) is 23.1 Å². The summed E-state index contributed by atoms with van der Waals surface area (Å²) in [5.41, 5.74) is 2.30. The molecule has 1 aromatic heterocycles. The number of carboxylic acids is 1. The lowest BCUT2D eigenvalue weighted by Gasteiger charge is -2.31. The monoisotopic (exact) mass is 554 g/mol. The Labute approximate surface area is 226 Å². The predicted molar refractivity (Wildman–Crippen MR) is 144 cm³/mol. The summed E-state index contributed by atoms with van der Waals surface area (Å²) < 4.78 is 27.9. The van der Waals surface area contributed by atoms with E-state index in [-0.39, 0.29) is 23.8 Å². The van der Waals surface area contributed by atoms with Crippen LogP contribution < -0.4 is 5.32 Å². The molecule has 0 unspecified atom stereocenters. The highest BCUT2D eigenvalue weighted by Crippen LogP contribution is 2.40. The van der Waals surface area contributed by atoms with Crippen molar-refractivity contribution in [2.24, 2.45) is 5.41 Å². The second-order valence-electron chi connectivity index (χ2n) is 10.0. The molecule has 0 bridgehead atoms. The highest BCUT2D eigenvalue weighted by atomic mass is 32.2. The number of benzene rings is 2. The van der Waals surface area contributed by atoms with Crippen molar-refractivity contribution < 1.29 is 23.1 Å². The van der Waals surface area contributed by atoms with Crippen LogP contribution in [0.2, 0.25) is 0 Å². The molecule has 2 aromatic carbocycles. The lowest BCUT2D eigenvalue weighted by atomic mass is 9.80. The molecule has 0 spiro atoms. The smallest absolute Gasteiger partial charge is 0.304 e. The van der Waals surface area contributed by atoms with Gasteiger partial charge in [0, 0.05) is 37.1 Å². The molecule has 0 radical (unpaired) electrons. The fourth-order valence-corrected chi connectivity index (χ4v) is 7.42. The van der Waals surface area contributed by atoms with Crippen LogP contribution in [0.4, 0.5) is 0 Å². The van der Waals surface area contributed by atoms with Crippen LogP contribution >= 0.6 is 11.3 Å². The van der Waals surface area contributed by atoms with Gasteiger partial charge in [-0.2, -0.15) is 4.31 Å². The summed E-state index contributed by atoms with van der Waals surface area (Å²) in [6.45, 7) is 2.47. The normalized spacial score (nSPS) is 17.7. The number of thiazole rings is 1. The van der Waals surface area contributed by atoms with Crippen molar-refractivity contribution in [2.75, 3.05) is 33.2 Å². The number of carbonyl (C=O) groups excluding carboxylic acids is 1. The van der Waals surface area contributed by atoms with Crippen LogP contribution in [0.15, 0.2) is 58.8 Å². The van der Waals surface area contributed by atoms with E-state index in [1.165, 1.54) is 15.6 Å². The quantitative estimate of drug-likeness (QED) is 0.439. The molecule has 1 aliphatic heterocycles. The van der Waals surface area contributed by atoms with Gasteiger partial charge in [-0.1, -0.05) is 36.4 Å². The average Bonchev–Trinajstić information content (AvgIpc) is 3.52. The molecule has 2 N–H and O–H groups in total. The van der Waals surface area contributed by atoms with Gasteiger partial charge in [-0.05, 0) is 43.1 Å². The first-order chi connectivity index (χ1) is 18.2. The number of carboxylic acid groups (broad SMARTS) is 1. The van der Waals surface area contributed by atoms with E-state index in [2.05, 4.69) is 15.2 Å². The Hall–Kier alpha value is -3.12. The van der Waals surface area contributed by atoms with Gasteiger partial charge in [0.15, 0.2) is 0 Å². The number of hydrogen-bond donors (Lipinski definition) is 2. The van der Waals surface area contributed by atoms with Crippen LogP contribution in [0, 0.1) is 5.41 Å². The summed E-state index contributed by atoms with van der Waals surface area (Å²) in [7, 11) is -1.62. The number of fused-ring (bicyclic) bond motifs is 1. The number of sulfonamides is 1. The molecule has 1 saturated heterocycles. The number of aromatic nitrogens is 1. The summed E-state index contributed by atoms with van der Waals surface area (Å²) in [4.78, 5) is 31.9. The van der Waals surface area contributed by atoms with E-state index in [0.29, 0.717) is 55.3 Å². The molecule has 2 aliphatic rings. The summed E-state index contributed by atoms with van der Waals surface area (Å²) in [5.74, 6) is -1.30. The fraction of sp³-hybridized carbons (Fsp3) is 0.370. The first-order valence-corrected chi connectivity index (χ1v) is 14.8. The standard InChI is InChI=1S/C27H30N4O5S2/c1-30-9-11-31(12-10-30)38(35,36)22-8-4-7-19(13-22)23-18-37-24(29-23)17-28-26(34)27(16-25(32)33)14-20-5-2-3-6-21(20)15-27/h2-8,13,18H,9-12,14-17H2,1H3,(H,28,34)(H,32,33). The van der Waals surface area contributed by atoms with E-state index in [1.807, 2.05) is 42.8 Å². The molecular weight excluding hydrogens is 524 g/mol. The van der Waals surface area contributed by atoms with Crippen LogP contribution in [-0.4, -0.2) is 72.8 Å². The topological polar surface area (TPSA) is 120 Å². The average molecular weight is 555 g/mol. The van der Waals surface area contributed by atoms with Crippen molar-refractivity contribution in [3.63, 3.8) is 0 Å². The summed E-state index contributed by atoms with van der Waals surface area (Å²) >= 11 is 1.36. The largest absolute Gasteiger partial charge is 0.481 e. The third-order valence-corrected chi connectivity index (χ3v) is 10.1. The highest BCUT2D eigenvalue weighted by Gasteiger charge is 2.45. The van der Waals surface area contributed by atoms with Crippen molar-refractivity contribution in [3.8, 4) is 11.3 Å². The first kappa shape index (κ1) is 26.5. The molecule has 3 aromatic rings. The van der Waals surface area contributed by atoms with Gasteiger partial charge in [-0.3, -0.25) is 9.59 Å². The Morgan fingerprint density at radius 3 is 2.39 bits per heavy atom. The molecule has 9 nitrogen and oxygen atoms in total. The van der Waals surface area contributed by atoms with E-state index in [4.69, 9.17) is 0 Å². The second kappa shape index (κ2) is 10.6. The van der Waals surface area contributed by atoms with Crippen LogP contribution in [0.5, 0.6) is 0 Å². The summed E-state index contributed by atoms with van der Waals surface area (Å²) in [6.07, 6.45) is 0.531. The molecule has 1 aliphatic carbocycles. The van der Waals surface area contributed by atoms with Gasteiger partial charge in [0.2, 0.25) is 15.9 Å². The molecule has 0 atom stereocenters. The highest BCUT2D eigenvalue weighted by molar-refractivity contribution is 7.89. The van der Waals surface area contributed by atoms with E-state index < -0.39 is 21.4 Å². The number of nitrogens with zero attached hydrogens (tertiary/aromatic N) is 3. The van der Waals surface area contributed by atoms with Crippen LogP contribution in [0.1, 0.15) is 22.6 Å². The van der Waals surface area contributed by atoms with E-state index >= 15 is 0 Å². The molecule has 5 rings (SSSR count). The zero-order valence-corrected chi connectivity index (χ0v) is 22.7. The predicted octanol–water partition coefficient (Wildman–Crippen LogP) is 2.62. The minimum absolute atomic E-state index is 0.167. The number of likely N-dealkylation sites (N-methyl/N-ethyl adjacent to an activating group) is 1. The maximum absolute atomic E-state index is 13.3.